The summed E-state index contributed by atoms with van der Waals surface area (Å²) in [4.78, 5) is 8.91. The molecule has 0 bridgehead atoms. The van der Waals surface area contributed by atoms with Crippen molar-refractivity contribution < 1.29 is 18.5 Å². The first-order valence-corrected chi connectivity index (χ1v) is 5.88. The summed E-state index contributed by atoms with van der Waals surface area (Å²) in [6, 6.07) is 0. The molecule has 0 spiro atoms. The molecule has 78 valence electrons. The van der Waals surface area contributed by atoms with Crippen LogP contribution in [0.1, 0.15) is 32.6 Å². The van der Waals surface area contributed by atoms with Crippen molar-refractivity contribution >= 4 is 7.82 Å². The second-order valence-electron chi connectivity index (χ2n) is 2.63. The van der Waals surface area contributed by atoms with Gasteiger partial charge in [-0.3, -0.25) is 9.42 Å². The average molecular weight is 208 g/mol. The van der Waals surface area contributed by atoms with Gasteiger partial charge in [0.05, 0.1) is 12.9 Å². The van der Waals surface area contributed by atoms with Gasteiger partial charge in [-0.1, -0.05) is 32.8 Å². The Morgan fingerprint density at radius 2 is 2.15 bits per heavy atom. The normalized spacial score (nSPS) is 14.9. The van der Waals surface area contributed by atoms with Gasteiger partial charge in [0.25, 0.3) is 0 Å². The van der Waals surface area contributed by atoms with Gasteiger partial charge in [-0.15, -0.1) is 0 Å². The van der Waals surface area contributed by atoms with Gasteiger partial charge in [0, 0.05) is 0 Å². The van der Waals surface area contributed by atoms with Gasteiger partial charge >= 0.3 is 7.82 Å². The summed E-state index contributed by atoms with van der Waals surface area (Å²) in [6.07, 6.45) is 4.93. The smallest absolute Gasteiger partial charge is 0.413 e. The number of phosphoric acid groups is 1. The third-order valence-corrected chi connectivity index (χ3v) is 2.38. The zero-order chi connectivity index (χ0) is 10.2. The molecule has 0 radical (unpaired) electrons. The van der Waals surface area contributed by atoms with Crippen LogP contribution in [-0.2, 0) is 13.6 Å². The number of unbranched alkanes of at least 4 members (excludes halogenated alkanes) is 3. The van der Waals surface area contributed by atoms with Crippen molar-refractivity contribution in [3.63, 3.8) is 0 Å². The quantitative estimate of drug-likeness (QED) is 0.378. The molecule has 1 unspecified atom stereocenters. The molecule has 0 amide bonds. The van der Waals surface area contributed by atoms with Gasteiger partial charge in [-0.25, -0.2) is 4.57 Å². The Bertz CT molecular complexity index is 181. The van der Waals surface area contributed by atoms with E-state index in [1.165, 1.54) is 0 Å². The first kappa shape index (κ1) is 12.7. The zero-order valence-corrected chi connectivity index (χ0v) is 8.83. The predicted molar refractivity (Wildman–Crippen MR) is 51.2 cm³/mol. The van der Waals surface area contributed by atoms with E-state index in [0.717, 1.165) is 31.9 Å². The lowest BCUT2D eigenvalue weighted by atomic mass is 10.2. The number of rotatable bonds is 8. The zero-order valence-electron chi connectivity index (χ0n) is 7.94. The molecule has 0 aromatic heterocycles. The number of phosphoric ester groups is 1. The van der Waals surface area contributed by atoms with E-state index in [2.05, 4.69) is 22.6 Å². The highest BCUT2D eigenvalue weighted by molar-refractivity contribution is 7.47. The van der Waals surface area contributed by atoms with Crippen molar-refractivity contribution in [2.75, 3.05) is 6.61 Å². The first-order chi connectivity index (χ1) is 6.12. The number of hydrogen-bond acceptors (Lipinski definition) is 3. The SMILES string of the molecule is C=COP(=O)(O)OCCCCCC. The fourth-order valence-electron chi connectivity index (χ4n) is 0.833. The Balaban J connectivity index is 3.40. The fraction of sp³-hybridized carbons (Fsp3) is 0.750. The molecular weight excluding hydrogens is 191 g/mol. The molecule has 0 heterocycles. The van der Waals surface area contributed by atoms with E-state index in [1.807, 2.05) is 0 Å². The highest BCUT2D eigenvalue weighted by atomic mass is 31.2. The summed E-state index contributed by atoms with van der Waals surface area (Å²) in [7, 11) is -3.86. The van der Waals surface area contributed by atoms with E-state index in [4.69, 9.17) is 4.89 Å². The van der Waals surface area contributed by atoms with Crippen LogP contribution < -0.4 is 0 Å². The highest BCUT2D eigenvalue weighted by Crippen LogP contribution is 2.43. The van der Waals surface area contributed by atoms with Crippen LogP contribution in [-0.4, -0.2) is 11.5 Å². The van der Waals surface area contributed by atoms with Gasteiger partial charge in [-0.2, -0.15) is 0 Å². The van der Waals surface area contributed by atoms with Crippen LogP contribution in [0.25, 0.3) is 0 Å². The van der Waals surface area contributed by atoms with Gasteiger partial charge < -0.3 is 4.52 Å². The first-order valence-electron chi connectivity index (χ1n) is 4.39. The van der Waals surface area contributed by atoms with Crippen molar-refractivity contribution in [2.24, 2.45) is 0 Å². The maximum Gasteiger partial charge on any atom is 0.526 e. The Kier molecular flexibility index (Phi) is 6.96. The van der Waals surface area contributed by atoms with E-state index in [9.17, 15) is 4.57 Å². The van der Waals surface area contributed by atoms with Gasteiger partial charge in [0.1, 0.15) is 0 Å². The molecule has 0 aliphatic rings. The van der Waals surface area contributed by atoms with Gasteiger partial charge in [0.2, 0.25) is 0 Å². The molecule has 13 heavy (non-hydrogen) atoms. The largest absolute Gasteiger partial charge is 0.526 e. The standard InChI is InChI=1S/C8H17O4P/c1-3-5-6-7-8-12-13(9,10)11-4-2/h4H,2-3,5-8H2,1H3,(H,9,10). The molecule has 0 aliphatic heterocycles. The van der Waals surface area contributed by atoms with Crippen LogP contribution >= 0.6 is 7.82 Å². The Morgan fingerprint density at radius 3 is 2.69 bits per heavy atom. The molecule has 1 atom stereocenters. The van der Waals surface area contributed by atoms with Gasteiger partial charge in [0.15, 0.2) is 0 Å². The molecule has 0 aromatic carbocycles. The summed E-state index contributed by atoms with van der Waals surface area (Å²) in [5.74, 6) is 0. The minimum Gasteiger partial charge on any atom is -0.413 e. The molecule has 1 N–H and O–H groups in total. The van der Waals surface area contributed by atoms with E-state index >= 15 is 0 Å². The lowest BCUT2D eigenvalue weighted by Crippen LogP contribution is -1.93. The third kappa shape index (κ3) is 8.03. The van der Waals surface area contributed by atoms with Crippen molar-refractivity contribution in [2.45, 2.75) is 32.6 Å². The van der Waals surface area contributed by atoms with Crippen LogP contribution in [0.5, 0.6) is 0 Å². The minimum absolute atomic E-state index is 0.252. The minimum atomic E-state index is -3.86. The molecule has 0 fully saturated rings. The fourth-order valence-corrected chi connectivity index (χ4v) is 1.44. The lowest BCUT2D eigenvalue weighted by molar-refractivity contribution is 0.184. The summed E-state index contributed by atoms with van der Waals surface area (Å²) in [5, 5.41) is 0. The predicted octanol–water partition coefficient (Wildman–Crippen LogP) is 2.84. The Hall–Kier alpha value is -0.310. The van der Waals surface area contributed by atoms with Crippen LogP contribution in [0.4, 0.5) is 0 Å². The Morgan fingerprint density at radius 1 is 1.46 bits per heavy atom. The topological polar surface area (TPSA) is 55.8 Å². The molecule has 0 rings (SSSR count). The molecule has 0 aliphatic carbocycles. The average Bonchev–Trinajstić information content (AvgIpc) is 2.04. The Labute approximate surface area is 79.2 Å². The summed E-state index contributed by atoms with van der Waals surface area (Å²) in [5.41, 5.74) is 0. The van der Waals surface area contributed by atoms with Crippen LogP contribution in [0, 0.1) is 0 Å². The maximum absolute atomic E-state index is 10.9. The monoisotopic (exact) mass is 208 g/mol. The van der Waals surface area contributed by atoms with Crippen LogP contribution in [0.15, 0.2) is 12.8 Å². The van der Waals surface area contributed by atoms with Crippen molar-refractivity contribution in [3.8, 4) is 0 Å². The van der Waals surface area contributed by atoms with E-state index < -0.39 is 7.82 Å². The number of hydrogen-bond donors (Lipinski definition) is 1. The van der Waals surface area contributed by atoms with E-state index in [0.29, 0.717) is 0 Å². The van der Waals surface area contributed by atoms with E-state index in [1.54, 1.807) is 0 Å². The van der Waals surface area contributed by atoms with Crippen molar-refractivity contribution in [3.05, 3.63) is 12.8 Å². The van der Waals surface area contributed by atoms with Crippen LogP contribution in [0.2, 0.25) is 0 Å². The maximum atomic E-state index is 10.9. The highest BCUT2D eigenvalue weighted by Gasteiger charge is 2.19. The molecule has 4 nitrogen and oxygen atoms in total. The third-order valence-electron chi connectivity index (χ3n) is 1.46. The summed E-state index contributed by atoms with van der Waals surface area (Å²) in [6.45, 7) is 5.52. The summed E-state index contributed by atoms with van der Waals surface area (Å²) >= 11 is 0. The summed E-state index contributed by atoms with van der Waals surface area (Å²) < 4.78 is 19.8. The van der Waals surface area contributed by atoms with Crippen LogP contribution in [0.3, 0.4) is 0 Å². The second kappa shape index (κ2) is 7.13. The molecule has 0 aromatic rings. The second-order valence-corrected chi connectivity index (χ2v) is 4.04. The lowest BCUT2D eigenvalue weighted by Gasteiger charge is -2.09. The molecule has 0 saturated carbocycles. The van der Waals surface area contributed by atoms with Crippen molar-refractivity contribution in [1.82, 2.24) is 0 Å². The molecule has 0 saturated heterocycles. The molecule has 5 heteroatoms. The van der Waals surface area contributed by atoms with Gasteiger partial charge in [-0.05, 0) is 6.42 Å². The van der Waals surface area contributed by atoms with Crippen molar-refractivity contribution in [1.29, 1.82) is 0 Å². The van der Waals surface area contributed by atoms with E-state index in [-0.39, 0.29) is 6.61 Å². The molecular formula is C8H17O4P.